The first-order valence-electron chi connectivity index (χ1n) is 11.1. The van der Waals surface area contributed by atoms with Crippen molar-refractivity contribution in [2.45, 2.75) is 45.9 Å². The van der Waals surface area contributed by atoms with Gasteiger partial charge in [0.25, 0.3) is 11.8 Å². The molecule has 1 aromatic carbocycles. The monoisotopic (exact) mass is 439 g/mol. The summed E-state index contributed by atoms with van der Waals surface area (Å²) in [7, 11) is 0. The van der Waals surface area contributed by atoms with Crippen LogP contribution >= 0.6 is 0 Å². The van der Waals surface area contributed by atoms with E-state index in [1.807, 2.05) is 17.0 Å². The number of nitrogens with zero attached hydrogens (tertiary/aromatic N) is 3. The van der Waals surface area contributed by atoms with Crippen LogP contribution in [0, 0.1) is 0 Å². The molecule has 2 aromatic rings. The first-order chi connectivity index (χ1) is 15.3. The number of hydrogen-bond acceptors (Lipinski definition) is 6. The molecule has 172 valence electrons. The van der Waals surface area contributed by atoms with E-state index in [1.54, 1.807) is 44.3 Å². The second-order valence-electron chi connectivity index (χ2n) is 8.53. The van der Waals surface area contributed by atoms with Crippen molar-refractivity contribution in [3.8, 4) is 0 Å². The van der Waals surface area contributed by atoms with Gasteiger partial charge in [0.15, 0.2) is 5.82 Å². The number of carbonyl (C=O) groups is 2. The molecule has 1 aromatic heterocycles. The maximum atomic E-state index is 12.9. The van der Waals surface area contributed by atoms with E-state index in [4.69, 9.17) is 0 Å². The Balaban J connectivity index is 1.59. The van der Waals surface area contributed by atoms with Gasteiger partial charge >= 0.3 is 0 Å². The summed E-state index contributed by atoms with van der Waals surface area (Å²) >= 11 is 0. The van der Waals surface area contributed by atoms with Gasteiger partial charge in [0.05, 0.1) is 17.8 Å². The molecule has 1 saturated heterocycles. The van der Waals surface area contributed by atoms with Crippen molar-refractivity contribution in [1.29, 1.82) is 0 Å². The number of carbonyl (C=O) groups excluding carboxylic acids is 2. The Hall–Kier alpha value is -3.13. The van der Waals surface area contributed by atoms with Crippen LogP contribution in [0.1, 0.15) is 48.4 Å². The third kappa shape index (κ3) is 5.76. The fourth-order valence-corrected chi connectivity index (χ4v) is 3.55. The fourth-order valence-electron chi connectivity index (χ4n) is 3.55. The van der Waals surface area contributed by atoms with Crippen LogP contribution in [0.4, 0.5) is 11.5 Å². The minimum Gasteiger partial charge on any atom is -0.391 e. The lowest BCUT2D eigenvalue weighted by Crippen LogP contribution is -2.49. The van der Waals surface area contributed by atoms with Crippen LogP contribution in [-0.4, -0.2) is 71.2 Å². The smallest absolute Gasteiger partial charge is 0.253 e. The molecule has 0 radical (unpaired) electrons. The van der Waals surface area contributed by atoms with Gasteiger partial charge in [-0.25, -0.2) is 4.98 Å². The van der Waals surface area contributed by atoms with Crippen LogP contribution < -0.4 is 15.5 Å². The average Bonchev–Trinajstić information content (AvgIpc) is 2.78. The molecule has 32 heavy (non-hydrogen) atoms. The van der Waals surface area contributed by atoms with E-state index in [0.29, 0.717) is 43.3 Å². The maximum absolute atomic E-state index is 12.9. The minimum atomic E-state index is -0.637. The van der Waals surface area contributed by atoms with Crippen LogP contribution in [0.25, 0.3) is 0 Å². The summed E-state index contributed by atoms with van der Waals surface area (Å²) < 4.78 is 0. The van der Waals surface area contributed by atoms with Crippen molar-refractivity contribution < 1.29 is 14.7 Å². The maximum Gasteiger partial charge on any atom is 0.253 e. The highest BCUT2D eigenvalue weighted by molar-refractivity contribution is 5.98. The van der Waals surface area contributed by atoms with E-state index >= 15 is 0 Å². The van der Waals surface area contributed by atoms with Gasteiger partial charge in [0, 0.05) is 49.5 Å². The normalized spacial score (nSPS) is 15.9. The number of aliphatic hydroxyl groups is 1. The minimum absolute atomic E-state index is 0.0458. The van der Waals surface area contributed by atoms with Crippen LogP contribution in [0.2, 0.25) is 0 Å². The van der Waals surface area contributed by atoms with Gasteiger partial charge < -0.3 is 25.5 Å². The van der Waals surface area contributed by atoms with Gasteiger partial charge in [-0.15, -0.1) is 0 Å². The Morgan fingerprint density at radius 2 is 1.59 bits per heavy atom. The van der Waals surface area contributed by atoms with E-state index in [9.17, 15) is 14.7 Å². The zero-order valence-corrected chi connectivity index (χ0v) is 19.2. The van der Waals surface area contributed by atoms with Crippen molar-refractivity contribution in [2.75, 3.05) is 36.4 Å². The molecular formula is C24H33N5O3. The number of rotatable bonds is 7. The van der Waals surface area contributed by atoms with Crippen LogP contribution in [0.3, 0.4) is 0 Å². The fraction of sp³-hybridized carbons (Fsp3) is 0.458. The van der Waals surface area contributed by atoms with Gasteiger partial charge in [-0.05, 0) is 64.1 Å². The van der Waals surface area contributed by atoms with E-state index in [2.05, 4.69) is 34.4 Å². The van der Waals surface area contributed by atoms with Gasteiger partial charge in [0.1, 0.15) is 0 Å². The van der Waals surface area contributed by atoms with Crippen molar-refractivity contribution >= 4 is 23.3 Å². The number of benzene rings is 1. The Labute approximate surface area is 189 Å². The largest absolute Gasteiger partial charge is 0.391 e. The molecule has 8 heteroatoms. The van der Waals surface area contributed by atoms with Crippen LogP contribution in [0.15, 0.2) is 42.6 Å². The molecule has 2 atom stereocenters. The summed E-state index contributed by atoms with van der Waals surface area (Å²) in [5.41, 5.74) is 2.01. The summed E-state index contributed by atoms with van der Waals surface area (Å²) in [4.78, 5) is 33.8. The predicted octanol–water partition coefficient (Wildman–Crippen LogP) is 2.36. The van der Waals surface area contributed by atoms with Crippen molar-refractivity contribution in [3.05, 3.63) is 53.7 Å². The van der Waals surface area contributed by atoms with Crippen LogP contribution in [0.5, 0.6) is 0 Å². The average molecular weight is 440 g/mol. The van der Waals surface area contributed by atoms with Crippen LogP contribution in [-0.2, 0) is 0 Å². The topological polar surface area (TPSA) is 97.8 Å². The van der Waals surface area contributed by atoms with Crippen molar-refractivity contribution in [2.24, 2.45) is 0 Å². The number of aliphatic hydroxyl groups excluding tert-OH is 1. The third-order valence-corrected chi connectivity index (χ3v) is 5.57. The summed E-state index contributed by atoms with van der Waals surface area (Å²) in [5, 5.41) is 15.7. The quantitative estimate of drug-likeness (QED) is 0.613. The van der Waals surface area contributed by atoms with E-state index in [1.165, 1.54) is 0 Å². The molecule has 1 unspecified atom stereocenters. The summed E-state index contributed by atoms with van der Waals surface area (Å²) in [6, 6.07) is 10.6. The zero-order chi connectivity index (χ0) is 23.3. The number of anilines is 2. The molecule has 0 aliphatic carbocycles. The highest BCUT2D eigenvalue weighted by Crippen LogP contribution is 2.25. The molecule has 0 spiro atoms. The molecule has 1 aliphatic rings. The number of pyridine rings is 1. The SMILES string of the molecule is CC(C)Nc1cccnc1N1CCN(C(=O)c2ccc(C(=O)N[C@H](C)C(C)O)cc2)CC1. The number of aromatic nitrogens is 1. The number of hydrogen-bond donors (Lipinski definition) is 3. The van der Waals surface area contributed by atoms with E-state index < -0.39 is 6.10 Å². The van der Waals surface area contributed by atoms with Crippen molar-refractivity contribution in [3.63, 3.8) is 0 Å². The standard InChI is InChI=1S/C24H33N5O3/c1-16(2)26-21-6-5-11-25-22(21)28-12-14-29(15-13-28)24(32)20-9-7-19(8-10-20)23(31)27-17(3)18(4)30/h5-11,16-18,26,30H,12-15H2,1-4H3,(H,27,31)/t17-,18?/m1/s1. The lowest BCUT2D eigenvalue weighted by molar-refractivity contribution is 0.0745. The second-order valence-corrected chi connectivity index (χ2v) is 8.53. The zero-order valence-electron chi connectivity index (χ0n) is 19.2. The molecule has 1 fully saturated rings. The van der Waals surface area contributed by atoms with Gasteiger partial charge in [0.2, 0.25) is 0 Å². The first-order valence-corrected chi connectivity index (χ1v) is 11.1. The molecule has 3 rings (SSSR count). The van der Waals surface area contributed by atoms with E-state index in [-0.39, 0.29) is 17.9 Å². The lowest BCUT2D eigenvalue weighted by atomic mass is 10.1. The third-order valence-electron chi connectivity index (χ3n) is 5.57. The second kappa shape index (κ2) is 10.5. The number of nitrogens with one attached hydrogen (secondary N) is 2. The Bertz CT molecular complexity index is 921. The molecule has 2 heterocycles. The Kier molecular flexibility index (Phi) is 7.69. The molecule has 3 N–H and O–H groups in total. The summed E-state index contributed by atoms with van der Waals surface area (Å²) in [5.74, 6) is 0.595. The molecule has 8 nitrogen and oxygen atoms in total. The predicted molar refractivity (Wildman–Crippen MR) is 126 cm³/mol. The molecule has 1 aliphatic heterocycles. The summed E-state index contributed by atoms with van der Waals surface area (Å²) in [6.07, 6.45) is 1.15. The van der Waals surface area contributed by atoms with E-state index in [0.717, 1.165) is 11.5 Å². The first kappa shape index (κ1) is 23.5. The van der Waals surface area contributed by atoms with Gasteiger partial charge in [-0.1, -0.05) is 0 Å². The van der Waals surface area contributed by atoms with Crippen molar-refractivity contribution in [1.82, 2.24) is 15.2 Å². The number of piperazine rings is 1. The lowest BCUT2D eigenvalue weighted by Gasteiger charge is -2.36. The van der Waals surface area contributed by atoms with Gasteiger partial charge in [-0.2, -0.15) is 0 Å². The Morgan fingerprint density at radius 1 is 0.969 bits per heavy atom. The molecular weight excluding hydrogens is 406 g/mol. The highest BCUT2D eigenvalue weighted by Gasteiger charge is 2.24. The number of amides is 2. The molecule has 0 saturated carbocycles. The Morgan fingerprint density at radius 3 is 2.19 bits per heavy atom. The van der Waals surface area contributed by atoms with Gasteiger partial charge in [-0.3, -0.25) is 9.59 Å². The highest BCUT2D eigenvalue weighted by atomic mass is 16.3. The molecule has 0 bridgehead atoms. The molecule has 2 amide bonds. The summed E-state index contributed by atoms with van der Waals surface area (Å²) in [6.45, 7) is 10.2.